The van der Waals surface area contributed by atoms with Crippen LogP contribution in [0.4, 0.5) is 0 Å². The molecule has 9 nitrogen and oxygen atoms in total. The fourth-order valence-corrected chi connectivity index (χ4v) is 7.48. The van der Waals surface area contributed by atoms with Crippen molar-refractivity contribution in [2.75, 3.05) is 47.5 Å². The Morgan fingerprint density at radius 1 is 0.516 bits per heavy atom. The second kappa shape index (κ2) is 43.9. The number of likely N-dealkylation sites (N-methyl/N-ethyl adjacent to an activating group) is 1. The predicted molar refractivity (Wildman–Crippen MR) is 261 cm³/mol. The Balaban J connectivity index is 4.27. The quantitative estimate of drug-likeness (QED) is 0.0161. The van der Waals surface area contributed by atoms with E-state index in [0.29, 0.717) is 23.9 Å². The molecular formula is C52H95NO8P+. The molecule has 0 saturated heterocycles. The van der Waals surface area contributed by atoms with Crippen molar-refractivity contribution in [1.29, 1.82) is 0 Å². The van der Waals surface area contributed by atoms with E-state index in [4.69, 9.17) is 18.5 Å². The van der Waals surface area contributed by atoms with E-state index in [9.17, 15) is 19.0 Å². The van der Waals surface area contributed by atoms with Crippen LogP contribution < -0.4 is 0 Å². The molecule has 0 fully saturated rings. The zero-order chi connectivity index (χ0) is 45.7. The minimum atomic E-state index is -4.39. The standard InChI is InChI=1S/C52H94NO8P/c1-6-8-10-12-14-16-18-20-22-23-24-25-26-27-28-29-31-32-34-36-38-40-42-44-51(54)58-48-50(49-60-62(56,57)59-47-46-53(3,4)5)61-52(55)45-43-41-39-37-35-33-30-21-19-17-15-13-11-9-7-2/h9,11,13,15,17,19,21,30,36,38,50H,6-8,10,12,14,16,18,20,22-29,31-35,37,39-49H2,1-5H3/p+1/b11-9+,15-13+,19-17+,30-21+,38-36+/t50-/m0/s1. The number of hydrogen-bond acceptors (Lipinski definition) is 7. The van der Waals surface area contributed by atoms with Gasteiger partial charge in [0.1, 0.15) is 19.8 Å². The van der Waals surface area contributed by atoms with E-state index < -0.39 is 32.5 Å². The highest BCUT2D eigenvalue weighted by molar-refractivity contribution is 7.47. The summed E-state index contributed by atoms with van der Waals surface area (Å²) in [6.07, 6.45) is 54.4. The van der Waals surface area contributed by atoms with E-state index in [1.165, 1.54) is 116 Å². The summed E-state index contributed by atoms with van der Waals surface area (Å²) in [5.74, 6) is -0.862. The molecule has 0 aromatic rings. The highest BCUT2D eigenvalue weighted by Gasteiger charge is 2.27. The highest BCUT2D eigenvalue weighted by Crippen LogP contribution is 2.43. The summed E-state index contributed by atoms with van der Waals surface area (Å²) in [5.41, 5.74) is 0. The third-order valence-corrected chi connectivity index (χ3v) is 11.6. The van der Waals surface area contributed by atoms with Gasteiger partial charge in [0.2, 0.25) is 0 Å². The summed E-state index contributed by atoms with van der Waals surface area (Å²) < 4.78 is 34.3. The van der Waals surface area contributed by atoms with Crippen molar-refractivity contribution in [1.82, 2.24) is 0 Å². The number of carbonyl (C=O) groups excluding carboxylic acids is 2. The fraction of sp³-hybridized carbons (Fsp3) is 0.769. The normalized spacial score (nSPS) is 14.0. The van der Waals surface area contributed by atoms with E-state index in [0.717, 1.165) is 51.4 Å². The molecular weight excluding hydrogens is 798 g/mol. The molecule has 0 heterocycles. The van der Waals surface area contributed by atoms with Crippen molar-refractivity contribution < 1.29 is 42.1 Å². The number of hydrogen-bond donors (Lipinski definition) is 1. The van der Waals surface area contributed by atoms with Crippen LogP contribution in [0, 0.1) is 0 Å². The van der Waals surface area contributed by atoms with Gasteiger partial charge in [-0.1, -0.05) is 203 Å². The van der Waals surface area contributed by atoms with Gasteiger partial charge in [-0.25, -0.2) is 4.57 Å². The molecule has 0 aromatic carbocycles. The Bertz CT molecular complexity index is 1240. The molecule has 0 aliphatic rings. The number of quaternary nitrogens is 1. The molecule has 1 N–H and O–H groups in total. The lowest BCUT2D eigenvalue weighted by Crippen LogP contribution is -2.37. The zero-order valence-electron chi connectivity index (χ0n) is 40.6. The Morgan fingerprint density at radius 3 is 1.47 bits per heavy atom. The molecule has 62 heavy (non-hydrogen) atoms. The second-order valence-corrected chi connectivity index (χ2v) is 19.4. The Hall–Kier alpha value is -2.29. The summed E-state index contributed by atoms with van der Waals surface area (Å²) >= 11 is 0. The van der Waals surface area contributed by atoms with Gasteiger partial charge in [0.05, 0.1) is 27.7 Å². The third kappa shape index (κ3) is 47.2. The van der Waals surface area contributed by atoms with Gasteiger partial charge >= 0.3 is 19.8 Å². The summed E-state index contributed by atoms with van der Waals surface area (Å²) in [7, 11) is 1.44. The van der Waals surface area contributed by atoms with Crippen molar-refractivity contribution in [3.05, 3.63) is 60.8 Å². The number of phosphoric ester groups is 1. The number of phosphoric acid groups is 1. The van der Waals surface area contributed by atoms with Gasteiger partial charge < -0.3 is 18.9 Å². The van der Waals surface area contributed by atoms with Gasteiger partial charge in [0.25, 0.3) is 0 Å². The van der Waals surface area contributed by atoms with E-state index in [2.05, 4.69) is 44.2 Å². The number of carbonyl (C=O) groups is 2. The van der Waals surface area contributed by atoms with Crippen LogP contribution in [0.15, 0.2) is 60.8 Å². The average Bonchev–Trinajstić information content (AvgIpc) is 3.23. The minimum absolute atomic E-state index is 0.0207. The molecule has 0 amide bonds. The molecule has 360 valence electrons. The lowest BCUT2D eigenvalue weighted by molar-refractivity contribution is -0.870. The van der Waals surface area contributed by atoms with Crippen molar-refractivity contribution >= 4 is 19.8 Å². The van der Waals surface area contributed by atoms with Crippen LogP contribution in [-0.4, -0.2) is 74.9 Å². The Labute approximate surface area is 381 Å². The molecule has 0 aromatic heterocycles. The summed E-state index contributed by atoms with van der Waals surface area (Å²) in [5, 5.41) is 0. The lowest BCUT2D eigenvalue weighted by atomic mass is 10.0. The average molecular weight is 893 g/mol. The van der Waals surface area contributed by atoms with Crippen LogP contribution in [0.1, 0.15) is 206 Å². The molecule has 0 spiro atoms. The largest absolute Gasteiger partial charge is 0.472 e. The number of esters is 2. The maximum Gasteiger partial charge on any atom is 0.472 e. The van der Waals surface area contributed by atoms with Gasteiger partial charge in [-0.15, -0.1) is 0 Å². The SMILES string of the molecule is CC/C=C/C=C/C=C/C=C/CCCCCCCC(=O)O[C@@H](COC(=O)CCC/C=C/CCCCCCCCCCCCCCCCCCCC)COP(=O)(O)OCC[N+](C)(C)C. The maximum absolute atomic E-state index is 12.7. The molecule has 0 radical (unpaired) electrons. The van der Waals surface area contributed by atoms with Gasteiger partial charge in [-0.3, -0.25) is 18.6 Å². The third-order valence-electron chi connectivity index (χ3n) is 10.6. The Kier molecular flexibility index (Phi) is 42.3. The number of nitrogens with zero attached hydrogens (tertiary/aromatic N) is 1. The predicted octanol–water partition coefficient (Wildman–Crippen LogP) is 14.8. The summed E-state index contributed by atoms with van der Waals surface area (Å²) in [6.45, 7) is 4.24. The monoisotopic (exact) mass is 893 g/mol. The van der Waals surface area contributed by atoms with Gasteiger partial charge in [0, 0.05) is 12.8 Å². The van der Waals surface area contributed by atoms with Crippen LogP contribution in [0.2, 0.25) is 0 Å². The van der Waals surface area contributed by atoms with E-state index in [1.54, 1.807) is 0 Å². The van der Waals surface area contributed by atoms with Crippen LogP contribution in [-0.2, 0) is 32.7 Å². The first-order valence-electron chi connectivity index (χ1n) is 25.1. The molecule has 0 aliphatic carbocycles. The van der Waals surface area contributed by atoms with Gasteiger partial charge in [-0.05, 0) is 51.4 Å². The second-order valence-electron chi connectivity index (χ2n) is 17.9. The molecule has 0 rings (SSSR count). The Morgan fingerprint density at radius 2 is 0.952 bits per heavy atom. The zero-order valence-corrected chi connectivity index (χ0v) is 41.5. The lowest BCUT2D eigenvalue weighted by Gasteiger charge is -2.24. The van der Waals surface area contributed by atoms with E-state index in [-0.39, 0.29) is 26.1 Å². The van der Waals surface area contributed by atoms with E-state index in [1.807, 2.05) is 51.5 Å². The molecule has 0 aliphatic heterocycles. The first kappa shape index (κ1) is 59.7. The molecule has 2 atom stereocenters. The number of unbranched alkanes of at least 4 members (excludes halogenated alkanes) is 24. The first-order chi connectivity index (χ1) is 30.0. The number of allylic oxidation sites excluding steroid dienone is 10. The summed E-state index contributed by atoms with van der Waals surface area (Å²) in [6, 6.07) is 0. The van der Waals surface area contributed by atoms with Crippen molar-refractivity contribution in [3.63, 3.8) is 0 Å². The number of ether oxygens (including phenoxy) is 2. The van der Waals surface area contributed by atoms with Crippen LogP contribution in [0.3, 0.4) is 0 Å². The van der Waals surface area contributed by atoms with Crippen molar-refractivity contribution in [2.45, 2.75) is 213 Å². The molecule has 0 bridgehead atoms. The van der Waals surface area contributed by atoms with Crippen LogP contribution >= 0.6 is 7.82 Å². The van der Waals surface area contributed by atoms with Gasteiger partial charge in [-0.2, -0.15) is 0 Å². The van der Waals surface area contributed by atoms with Crippen LogP contribution in [0.25, 0.3) is 0 Å². The first-order valence-corrected chi connectivity index (χ1v) is 26.6. The minimum Gasteiger partial charge on any atom is -0.462 e. The molecule has 0 saturated carbocycles. The molecule has 10 heteroatoms. The van der Waals surface area contributed by atoms with Gasteiger partial charge in [0.15, 0.2) is 6.10 Å². The highest BCUT2D eigenvalue weighted by atomic mass is 31.2. The van der Waals surface area contributed by atoms with Crippen LogP contribution in [0.5, 0.6) is 0 Å². The topological polar surface area (TPSA) is 108 Å². The smallest absolute Gasteiger partial charge is 0.462 e. The fourth-order valence-electron chi connectivity index (χ4n) is 6.74. The number of rotatable bonds is 45. The van der Waals surface area contributed by atoms with Crippen molar-refractivity contribution in [2.24, 2.45) is 0 Å². The maximum atomic E-state index is 12.7. The molecule has 1 unspecified atom stereocenters. The summed E-state index contributed by atoms with van der Waals surface area (Å²) in [4.78, 5) is 35.5. The van der Waals surface area contributed by atoms with Crippen molar-refractivity contribution in [3.8, 4) is 0 Å². The van der Waals surface area contributed by atoms with E-state index >= 15 is 0 Å².